The van der Waals surface area contributed by atoms with Gasteiger partial charge in [-0.05, 0) is 223 Å². The van der Waals surface area contributed by atoms with Crippen LogP contribution < -0.4 is 0 Å². The van der Waals surface area contributed by atoms with Crippen molar-refractivity contribution in [3.63, 3.8) is 0 Å². The van der Waals surface area contributed by atoms with Crippen molar-refractivity contribution in [3.8, 4) is 33.4 Å². The highest BCUT2D eigenvalue weighted by Gasteiger charge is 2.53. The van der Waals surface area contributed by atoms with Crippen molar-refractivity contribution in [2.24, 2.45) is 0 Å². The minimum Gasteiger partial charge on any atom is -0.0751 e. The minimum atomic E-state index is -1.17. The third-order valence-electron chi connectivity index (χ3n) is 24.8. The largest absolute Gasteiger partial charge is 0.0751 e. The van der Waals surface area contributed by atoms with Crippen LogP contribution in [-0.2, 0) is 16.2 Å². The lowest BCUT2D eigenvalue weighted by Crippen LogP contribution is -2.38. The molecule has 3 aliphatic rings. The lowest BCUT2D eigenvalue weighted by molar-refractivity contribution is 0.660. The average Bonchev–Trinajstić information content (AvgIpc) is 0.671. The van der Waals surface area contributed by atoms with Gasteiger partial charge >= 0.3 is 0 Å². The molecule has 0 fully saturated rings. The molecule has 0 radical (unpaired) electrons. The molecule has 588 valence electrons. The summed E-state index contributed by atoms with van der Waals surface area (Å²) in [5.41, 5.74) is 30.0. The fourth-order valence-electron chi connectivity index (χ4n) is 19.4. The van der Waals surface area contributed by atoms with E-state index in [0.717, 1.165) is 180 Å². The summed E-state index contributed by atoms with van der Waals surface area (Å²) in [5, 5.41) is 0. The Kier molecular flexibility index (Phi) is 23.1. The van der Waals surface area contributed by atoms with Gasteiger partial charge in [0.25, 0.3) is 0 Å². The monoisotopic (exact) mass is 1760 g/mol. The molecule has 0 N–H and O–H groups in total. The van der Waals surface area contributed by atoms with Crippen molar-refractivity contribution >= 4 is 97.9 Å². The Balaban J connectivity index is 1.18. The van der Waals surface area contributed by atoms with E-state index in [2.05, 4.69) is 539 Å². The van der Waals surface area contributed by atoms with Gasteiger partial charge in [-0.1, -0.05) is 503 Å². The lowest BCUT2D eigenvalue weighted by atomic mass is 9.53. The molecule has 16 aromatic carbocycles. The molecule has 3 aliphatic carbocycles. The fraction of sp³-hybridized carbons (Fsp3) is 0.0500. The molecule has 0 saturated carbocycles. The second-order valence-electron chi connectivity index (χ2n) is 31.9. The standard InChI is InChI=1S/C120H87Br3/c121-103-67-61-97(62-68-103)109-115(118(79-73-88(74-80-118)85-37-13-1-14-38-85)112(100-55-31-10-32-56-100)106(91-43-19-4-20-44-91)92-45-21-5-22-46-92)110(98-63-69-104(122)70-64-98)117(120(83-77-90(78-84-120)87-41-17-3-18-42-87)114(102-59-35-12-36-60-102)108(95-51-27-8-28-52-95)96-53-29-9-30-54-96)111(99-65-71-105(123)72-66-99)116(109)119(81-75-89(76-82-119)86-39-15-2-16-40-86)113(101-57-33-11-34-58-101)107(93-47-23-6-24-48-93)94-49-25-7-26-50-94/h1-79,81,83H,80,82,84H2. The van der Waals surface area contributed by atoms with E-state index in [1.807, 2.05) is 0 Å². The Bertz CT molecular complexity index is 5950. The first-order valence-electron chi connectivity index (χ1n) is 42.3. The van der Waals surface area contributed by atoms with Crippen molar-refractivity contribution in [2.45, 2.75) is 35.5 Å². The molecule has 0 spiro atoms. The number of hydrogen-bond donors (Lipinski definition) is 0. The maximum Gasteiger partial charge on any atom is 0.0444 e. The molecule has 0 saturated heterocycles. The molecule has 0 amide bonds. The summed E-state index contributed by atoms with van der Waals surface area (Å²) in [4.78, 5) is 0. The maximum atomic E-state index is 4.15. The third kappa shape index (κ3) is 15.7. The van der Waals surface area contributed by atoms with Crippen LogP contribution in [0.15, 0.2) is 505 Å². The Morgan fingerprint density at radius 2 is 0.350 bits per heavy atom. The summed E-state index contributed by atoms with van der Waals surface area (Å²) < 4.78 is 2.91. The summed E-state index contributed by atoms with van der Waals surface area (Å²) in [7, 11) is 0. The van der Waals surface area contributed by atoms with E-state index < -0.39 is 16.2 Å². The van der Waals surface area contributed by atoms with Gasteiger partial charge in [0.15, 0.2) is 0 Å². The van der Waals surface area contributed by atoms with Crippen LogP contribution in [0.25, 0.3) is 83.5 Å². The highest BCUT2D eigenvalue weighted by molar-refractivity contribution is 9.11. The van der Waals surface area contributed by atoms with Gasteiger partial charge in [-0.25, -0.2) is 0 Å². The smallest absolute Gasteiger partial charge is 0.0444 e. The van der Waals surface area contributed by atoms with E-state index in [9.17, 15) is 0 Å². The van der Waals surface area contributed by atoms with Gasteiger partial charge in [-0.15, -0.1) is 0 Å². The van der Waals surface area contributed by atoms with Crippen LogP contribution in [0.1, 0.15) is 103 Å². The van der Waals surface area contributed by atoms with E-state index in [1.165, 1.54) is 0 Å². The Morgan fingerprint density at radius 3 is 0.520 bits per heavy atom. The number of halogens is 3. The topological polar surface area (TPSA) is 0 Å². The first-order valence-corrected chi connectivity index (χ1v) is 44.7. The summed E-state index contributed by atoms with van der Waals surface area (Å²) in [6.07, 6.45) is 24.7. The molecule has 123 heavy (non-hydrogen) atoms. The molecule has 0 aromatic heterocycles. The van der Waals surface area contributed by atoms with E-state index in [0.29, 0.717) is 19.3 Å². The minimum absolute atomic E-state index is 0.508. The van der Waals surface area contributed by atoms with E-state index in [4.69, 9.17) is 0 Å². The molecular weight excluding hydrogens is 1680 g/mol. The zero-order chi connectivity index (χ0) is 82.9. The molecule has 3 atom stereocenters. The van der Waals surface area contributed by atoms with Crippen molar-refractivity contribution in [1.82, 2.24) is 0 Å². The van der Waals surface area contributed by atoms with Gasteiger partial charge < -0.3 is 0 Å². The normalized spacial score (nSPS) is 16.5. The van der Waals surface area contributed by atoms with Crippen LogP contribution in [-0.4, -0.2) is 0 Å². The fourth-order valence-corrected chi connectivity index (χ4v) is 20.2. The average molecular weight is 1770 g/mol. The Hall–Kier alpha value is -13.4. The van der Waals surface area contributed by atoms with Gasteiger partial charge in [-0.2, -0.15) is 0 Å². The molecule has 0 aliphatic heterocycles. The predicted octanol–water partition coefficient (Wildman–Crippen LogP) is 32.8. The molecule has 16 aromatic rings. The lowest BCUT2D eigenvalue weighted by Gasteiger charge is -2.49. The van der Waals surface area contributed by atoms with Crippen LogP contribution in [0, 0.1) is 0 Å². The number of benzene rings is 16. The van der Waals surface area contributed by atoms with Gasteiger partial charge in [0.1, 0.15) is 0 Å². The zero-order valence-electron chi connectivity index (χ0n) is 68.0. The highest BCUT2D eigenvalue weighted by atomic mass is 79.9. The number of allylic oxidation sites excluding steroid dienone is 15. The summed E-state index contributed by atoms with van der Waals surface area (Å²) in [5.74, 6) is 0. The van der Waals surface area contributed by atoms with Crippen LogP contribution in [0.3, 0.4) is 0 Å². The van der Waals surface area contributed by atoms with Crippen LogP contribution in [0.5, 0.6) is 0 Å². The highest BCUT2D eigenvalue weighted by Crippen LogP contribution is 2.67. The third-order valence-corrected chi connectivity index (χ3v) is 26.4. The molecule has 3 unspecified atom stereocenters. The Labute approximate surface area is 748 Å². The van der Waals surface area contributed by atoms with Crippen LogP contribution in [0.4, 0.5) is 0 Å². The molecule has 0 bridgehead atoms. The first kappa shape index (κ1) is 79.4. The van der Waals surface area contributed by atoms with Crippen LogP contribution in [0.2, 0.25) is 0 Å². The van der Waals surface area contributed by atoms with Gasteiger partial charge in [0, 0.05) is 29.7 Å². The van der Waals surface area contributed by atoms with Crippen molar-refractivity contribution < 1.29 is 0 Å². The summed E-state index contributed by atoms with van der Waals surface area (Å²) in [6, 6.07) is 163. The second kappa shape index (κ2) is 35.7. The number of rotatable bonds is 21. The molecular formula is C120H87Br3. The maximum absolute atomic E-state index is 4.15. The van der Waals surface area contributed by atoms with Crippen molar-refractivity contribution in [3.05, 3.63) is 588 Å². The summed E-state index contributed by atoms with van der Waals surface area (Å²) >= 11 is 12.5. The molecule has 0 heterocycles. The second-order valence-corrected chi connectivity index (χ2v) is 34.7. The Morgan fingerprint density at radius 1 is 0.179 bits per heavy atom. The number of hydrogen-bond acceptors (Lipinski definition) is 0. The zero-order valence-corrected chi connectivity index (χ0v) is 72.8. The van der Waals surface area contributed by atoms with Gasteiger partial charge in [-0.3, -0.25) is 0 Å². The quantitative estimate of drug-likeness (QED) is 0.0629. The van der Waals surface area contributed by atoms with E-state index in [1.54, 1.807) is 0 Å². The van der Waals surface area contributed by atoms with E-state index >= 15 is 0 Å². The first-order chi connectivity index (χ1) is 60.7. The molecule has 0 nitrogen and oxygen atoms in total. The molecule has 19 rings (SSSR count). The van der Waals surface area contributed by atoms with Crippen molar-refractivity contribution in [1.29, 1.82) is 0 Å². The van der Waals surface area contributed by atoms with Crippen LogP contribution >= 0.6 is 47.8 Å². The summed E-state index contributed by atoms with van der Waals surface area (Å²) in [6.45, 7) is 0. The van der Waals surface area contributed by atoms with E-state index in [-0.39, 0.29) is 0 Å². The van der Waals surface area contributed by atoms with Crippen molar-refractivity contribution in [2.75, 3.05) is 0 Å². The molecule has 3 heteroatoms. The SMILES string of the molecule is Brc1ccc(-c2c(C3(C(=C(c4ccccc4)c4ccccc4)c4ccccc4)C=CC(c4ccccc4)=CC3)c(-c3ccc(Br)cc3)c(C3(C(=C(c4ccccc4)c4ccccc4)c4ccccc4)C=CC(c4ccccc4)=CC3)c(-c3ccc(Br)cc3)c2C2(C(=C(c3ccccc3)c3ccccc3)c3ccccc3)C=CC(c3ccccc3)=CC2)cc1. The van der Waals surface area contributed by atoms with Gasteiger partial charge in [0.2, 0.25) is 0 Å². The predicted molar refractivity (Wildman–Crippen MR) is 531 cm³/mol. The van der Waals surface area contributed by atoms with Gasteiger partial charge in [0.05, 0.1) is 0 Å².